The number of nitrogens with one attached hydrogen (secondary N) is 1. The number of hydrogen-bond donors (Lipinski definition) is 1. The number of thiazole rings is 1. The highest BCUT2D eigenvalue weighted by atomic mass is 32.1. The lowest BCUT2D eigenvalue weighted by atomic mass is 10.0. The fourth-order valence-corrected chi connectivity index (χ4v) is 3.23. The van der Waals surface area contributed by atoms with E-state index in [1.807, 2.05) is 36.4 Å². The second kappa shape index (κ2) is 7.01. The summed E-state index contributed by atoms with van der Waals surface area (Å²) in [4.78, 5) is 16.8. The molecule has 0 saturated heterocycles. The summed E-state index contributed by atoms with van der Waals surface area (Å²) in [5, 5.41) is 3.44. The van der Waals surface area contributed by atoms with Gasteiger partial charge >= 0.3 is 0 Å². The van der Waals surface area contributed by atoms with Gasteiger partial charge in [0, 0.05) is 0 Å². The highest BCUT2D eigenvalue weighted by Crippen LogP contribution is 2.29. The molecule has 124 valence electrons. The molecule has 3 rings (SSSR count). The Morgan fingerprint density at radius 3 is 2.58 bits per heavy atom. The fourth-order valence-electron chi connectivity index (χ4n) is 2.32. The van der Waals surface area contributed by atoms with Gasteiger partial charge in [-0.1, -0.05) is 49.4 Å². The summed E-state index contributed by atoms with van der Waals surface area (Å²) in [6.45, 7) is 6.05. The van der Waals surface area contributed by atoms with Gasteiger partial charge in [-0.05, 0) is 42.7 Å². The van der Waals surface area contributed by atoms with Crippen LogP contribution in [0.5, 0.6) is 5.75 Å². The number of rotatable bonds is 5. The van der Waals surface area contributed by atoms with E-state index in [1.54, 1.807) is 6.92 Å². The molecule has 0 fully saturated rings. The molecule has 0 aliphatic carbocycles. The second-order valence-corrected chi connectivity index (χ2v) is 6.99. The van der Waals surface area contributed by atoms with Crippen LogP contribution in [0.4, 0.5) is 5.13 Å². The normalized spacial score (nSPS) is 12.3. The van der Waals surface area contributed by atoms with Crippen LogP contribution < -0.4 is 10.1 Å². The zero-order chi connectivity index (χ0) is 17.1. The molecule has 4 nitrogen and oxygen atoms in total. The number of carbonyl (C=O) groups is 1. The molecule has 1 atom stereocenters. The van der Waals surface area contributed by atoms with Crippen molar-refractivity contribution in [3.8, 4) is 5.75 Å². The number of fused-ring (bicyclic) bond motifs is 1. The van der Waals surface area contributed by atoms with E-state index in [4.69, 9.17) is 4.74 Å². The van der Waals surface area contributed by atoms with Gasteiger partial charge in [-0.3, -0.25) is 10.1 Å². The van der Waals surface area contributed by atoms with Crippen LogP contribution in [0.2, 0.25) is 0 Å². The van der Waals surface area contributed by atoms with Crippen molar-refractivity contribution >= 4 is 32.6 Å². The Morgan fingerprint density at radius 1 is 1.12 bits per heavy atom. The third kappa shape index (κ3) is 3.74. The van der Waals surface area contributed by atoms with Gasteiger partial charge in [0.05, 0.1) is 10.2 Å². The molecular weight excluding hydrogens is 320 g/mol. The Morgan fingerprint density at radius 2 is 1.88 bits per heavy atom. The Labute approximate surface area is 145 Å². The number of ether oxygens (including phenoxy) is 1. The van der Waals surface area contributed by atoms with Crippen LogP contribution in [0.3, 0.4) is 0 Å². The van der Waals surface area contributed by atoms with Gasteiger partial charge in [-0.2, -0.15) is 0 Å². The van der Waals surface area contributed by atoms with E-state index in [-0.39, 0.29) is 5.91 Å². The molecular formula is C19H20N2O2S. The van der Waals surface area contributed by atoms with Crippen molar-refractivity contribution in [1.29, 1.82) is 0 Å². The molecule has 1 aromatic heterocycles. The number of benzene rings is 2. The molecule has 0 saturated carbocycles. The largest absolute Gasteiger partial charge is 0.481 e. The van der Waals surface area contributed by atoms with Crippen LogP contribution in [-0.4, -0.2) is 17.0 Å². The summed E-state index contributed by atoms with van der Waals surface area (Å²) in [6, 6.07) is 15.5. The van der Waals surface area contributed by atoms with Gasteiger partial charge in [0.25, 0.3) is 5.91 Å². The van der Waals surface area contributed by atoms with Gasteiger partial charge < -0.3 is 4.74 Å². The molecule has 1 amide bonds. The van der Waals surface area contributed by atoms with Crippen LogP contribution in [-0.2, 0) is 4.79 Å². The number of hydrogen-bond acceptors (Lipinski definition) is 4. The summed E-state index contributed by atoms with van der Waals surface area (Å²) in [5.74, 6) is 0.932. The molecule has 5 heteroatoms. The zero-order valence-corrected chi connectivity index (χ0v) is 14.8. The standard InChI is InChI=1S/C19H20N2O2S/c1-12(2)14-9-10-16-17(11-14)24-19(20-16)21-18(22)13(3)23-15-7-5-4-6-8-15/h4-13H,1-3H3,(H,20,21,22). The average molecular weight is 340 g/mol. The Hall–Kier alpha value is -2.40. The van der Waals surface area contributed by atoms with Gasteiger partial charge in [-0.25, -0.2) is 4.98 Å². The van der Waals surface area contributed by atoms with Crippen molar-refractivity contribution in [3.05, 3.63) is 54.1 Å². The molecule has 1 unspecified atom stereocenters. The van der Waals surface area contributed by atoms with Crippen molar-refractivity contribution in [1.82, 2.24) is 4.98 Å². The molecule has 0 radical (unpaired) electrons. The molecule has 0 aliphatic rings. The van der Waals surface area contributed by atoms with Crippen LogP contribution in [0.25, 0.3) is 10.2 Å². The SMILES string of the molecule is CC(Oc1ccccc1)C(=O)Nc1nc2ccc(C(C)C)cc2s1. The molecule has 0 bridgehead atoms. The van der Waals surface area contributed by atoms with Crippen LogP contribution in [0, 0.1) is 0 Å². The lowest BCUT2D eigenvalue weighted by Crippen LogP contribution is -2.30. The third-order valence-electron chi connectivity index (χ3n) is 3.73. The molecule has 0 aliphatic heterocycles. The van der Waals surface area contributed by atoms with Crippen molar-refractivity contribution < 1.29 is 9.53 Å². The van der Waals surface area contributed by atoms with E-state index in [1.165, 1.54) is 16.9 Å². The molecule has 24 heavy (non-hydrogen) atoms. The first-order valence-electron chi connectivity index (χ1n) is 7.96. The van der Waals surface area contributed by atoms with Gasteiger partial charge in [-0.15, -0.1) is 0 Å². The highest BCUT2D eigenvalue weighted by molar-refractivity contribution is 7.22. The molecule has 2 aromatic carbocycles. The summed E-state index contributed by atoms with van der Waals surface area (Å²) < 4.78 is 6.71. The van der Waals surface area contributed by atoms with Crippen molar-refractivity contribution in [2.24, 2.45) is 0 Å². The minimum atomic E-state index is -0.592. The van der Waals surface area contributed by atoms with E-state index in [0.29, 0.717) is 16.8 Å². The first kappa shape index (κ1) is 16.5. The Kier molecular flexibility index (Phi) is 4.81. The van der Waals surface area contributed by atoms with Gasteiger partial charge in [0.2, 0.25) is 0 Å². The predicted octanol–water partition coefficient (Wildman–Crippen LogP) is 4.83. The smallest absolute Gasteiger partial charge is 0.266 e. The first-order valence-corrected chi connectivity index (χ1v) is 8.77. The average Bonchev–Trinajstić information content (AvgIpc) is 2.96. The Bertz CT molecular complexity index is 843. The number of nitrogens with zero attached hydrogens (tertiary/aromatic N) is 1. The number of amides is 1. The van der Waals surface area contributed by atoms with Crippen molar-refractivity contribution in [2.45, 2.75) is 32.8 Å². The lowest BCUT2D eigenvalue weighted by molar-refractivity contribution is -0.122. The number of anilines is 1. The minimum Gasteiger partial charge on any atom is -0.481 e. The highest BCUT2D eigenvalue weighted by Gasteiger charge is 2.17. The topological polar surface area (TPSA) is 51.2 Å². The number of carbonyl (C=O) groups excluding carboxylic acids is 1. The fraction of sp³-hybridized carbons (Fsp3) is 0.263. The maximum Gasteiger partial charge on any atom is 0.266 e. The monoisotopic (exact) mass is 340 g/mol. The number of aromatic nitrogens is 1. The van der Waals surface area contributed by atoms with Crippen LogP contribution in [0.15, 0.2) is 48.5 Å². The van der Waals surface area contributed by atoms with E-state index in [2.05, 4.69) is 36.3 Å². The molecule has 0 spiro atoms. The van der Waals surface area contributed by atoms with E-state index < -0.39 is 6.10 Å². The van der Waals surface area contributed by atoms with E-state index in [9.17, 15) is 4.79 Å². The summed E-state index contributed by atoms with van der Waals surface area (Å²) in [5.41, 5.74) is 2.17. The predicted molar refractivity (Wildman–Crippen MR) is 98.9 cm³/mol. The van der Waals surface area contributed by atoms with Gasteiger partial charge in [0.15, 0.2) is 11.2 Å². The molecule has 1 N–H and O–H groups in total. The van der Waals surface area contributed by atoms with Crippen LogP contribution in [0.1, 0.15) is 32.3 Å². The van der Waals surface area contributed by atoms with E-state index in [0.717, 1.165) is 10.2 Å². The summed E-state index contributed by atoms with van der Waals surface area (Å²) in [7, 11) is 0. The summed E-state index contributed by atoms with van der Waals surface area (Å²) >= 11 is 1.48. The zero-order valence-electron chi connectivity index (χ0n) is 13.9. The lowest BCUT2D eigenvalue weighted by Gasteiger charge is -2.13. The maximum absolute atomic E-state index is 12.3. The van der Waals surface area contributed by atoms with Crippen molar-refractivity contribution in [3.63, 3.8) is 0 Å². The maximum atomic E-state index is 12.3. The summed E-state index contributed by atoms with van der Waals surface area (Å²) in [6.07, 6.45) is -0.592. The third-order valence-corrected chi connectivity index (χ3v) is 4.67. The molecule has 1 heterocycles. The quantitative estimate of drug-likeness (QED) is 0.724. The second-order valence-electron chi connectivity index (χ2n) is 5.96. The van der Waals surface area contributed by atoms with Crippen molar-refractivity contribution in [2.75, 3.05) is 5.32 Å². The number of para-hydroxylation sites is 1. The van der Waals surface area contributed by atoms with Gasteiger partial charge in [0.1, 0.15) is 5.75 Å². The van der Waals surface area contributed by atoms with Crippen LogP contribution >= 0.6 is 11.3 Å². The molecule has 3 aromatic rings. The Balaban J connectivity index is 1.70. The minimum absolute atomic E-state index is 0.206. The first-order chi connectivity index (χ1) is 11.5. The van der Waals surface area contributed by atoms with E-state index >= 15 is 0 Å².